The summed E-state index contributed by atoms with van der Waals surface area (Å²) >= 11 is 0. The van der Waals surface area contributed by atoms with Gasteiger partial charge in [-0.3, -0.25) is 0 Å². The largest absolute Gasteiger partial charge is 0.310 e. The summed E-state index contributed by atoms with van der Waals surface area (Å²) < 4.78 is 0. The number of anilines is 3. The second-order valence-electron chi connectivity index (χ2n) is 20.2. The number of hydrogen-bond donors (Lipinski definition) is 0. The number of fused-ring (bicyclic) bond motifs is 23. The first-order valence-corrected chi connectivity index (χ1v) is 25.2. The van der Waals surface area contributed by atoms with Crippen LogP contribution in [-0.4, -0.2) is 0 Å². The number of rotatable bonds is 4. The van der Waals surface area contributed by atoms with Gasteiger partial charge in [0.15, 0.2) is 0 Å². The van der Waals surface area contributed by atoms with Gasteiger partial charge in [-0.15, -0.1) is 0 Å². The molecule has 0 amide bonds. The molecule has 0 saturated heterocycles. The highest BCUT2D eigenvalue weighted by atomic mass is 15.1. The lowest BCUT2D eigenvalue weighted by molar-refractivity contribution is 0.665. The maximum absolute atomic E-state index is 2.56. The Hall–Kier alpha value is -8.78. The number of benzene rings is 10. The fourth-order valence-electron chi connectivity index (χ4n) is 14.3. The molecule has 330 valence electrons. The van der Waals surface area contributed by atoms with E-state index in [-0.39, 0.29) is 5.92 Å². The van der Waals surface area contributed by atoms with Gasteiger partial charge >= 0.3 is 0 Å². The second kappa shape index (κ2) is 14.4. The average Bonchev–Trinajstić information content (AvgIpc) is 4.13. The van der Waals surface area contributed by atoms with Crippen molar-refractivity contribution in [1.29, 1.82) is 0 Å². The van der Waals surface area contributed by atoms with E-state index in [1.54, 1.807) is 0 Å². The van der Waals surface area contributed by atoms with Gasteiger partial charge in [0, 0.05) is 28.9 Å². The Bertz CT molecular complexity index is 3970. The quantitative estimate of drug-likeness (QED) is 0.170. The normalized spacial score (nSPS) is 17.9. The number of nitrogens with zero attached hydrogens (tertiary/aromatic N) is 1. The topological polar surface area (TPSA) is 3.24 Å². The molecule has 16 rings (SSSR count). The Morgan fingerprint density at radius 3 is 1.49 bits per heavy atom. The van der Waals surface area contributed by atoms with Crippen LogP contribution in [0, 0.1) is 11.8 Å². The smallest absolute Gasteiger partial charge is 0.0732 e. The fourth-order valence-corrected chi connectivity index (χ4v) is 14.3. The van der Waals surface area contributed by atoms with E-state index in [4.69, 9.17) is 0 Å². The van der Waals surface area contributed by atoms with Crippen molar-refractivity contribution in [3.05, 3.63) is 311 Å². The minimum atomic E-state index is -0.523. The standard InChI is InChI=1S/C70H45N/c1-2-16-44(17-3-1)45-30-34-48(35-31-45)71(49-36-39-57-58-38-32-47-19-5-7-21-52(47)68(58)70(65(57)42-49)62-28-14-10-24-55(62)56-25-11-15-29-63(56)70)50-37-40-59-66(43-50)69(64-41-33-46-18-4-6-20-51(46)67(59)64)60-26-12-8-22-53(60)54-23-9-13-27-61(54)69/h1-43,46,51H. The molecule has 10 aromatic carbocycles. The Morgan fingerprint density at radius 2 is 0.831 bits per heavy atom. The van der Waals surface area contributed by atoms with Crippen molar-refractivity contribution in [3.8, 4) is 44.5 Å². The Balaban J connectivity index is 0.971. The molecular formula is C70H45N. The molecule has 6 aliphatic rings. The molecule has 6 aliphatic carbocycles. The third-order valence-electron chi connectivity index (χ3n) is 17.0. The van der Waals surface area contributed by atoms with Gasteiger partial charge in [0.2, 0.25) is 0 Å². The van der Waals surface area contributed by atoms with Crippen LogP contribution in [0.25, 0.3) is 60.9 Å². The van der Waals surface area contributed by atoms with Crippen LogP contribution < -0.4 is 4.90 Å². The van der Waals surface area contributed by atoms with Gasteiger partial charge in [-0.25, -0.2) is 0 Å². The highest BCUT2D eigenvalue weighted by molar-refractivity contribution is 6.05. The molecule has 71 heavy (non-hydrogen) atoms. The van der Waals surface area contributed by atoms with Gasteiger partial charge in [0.1, 0.15) is 0 Å². The van der Waals surface area contributed by atoms with Crippen molar-refractivity contribution in [2.45, 2.75) is 10.8 Å². The van der Waals surface area contributed by atoms with Gasteiger partial charge in [-0.1, -0.05) is 225 Å². The van der Waals surface area contributed by atoms with Gasteiger partial charge < -0.3 is 4.90 Å². The van der Waals surface area contributed by atoms with Gasteiger partial charge in [-0.2, -0.15) is 0 Å². The minimum Gasteiger partial charge on any atom is -0.310 e. The summed E-state index contributed by atoms with van der Waals surface area (Å²) in [6, 6.07) is 85.2. The monoisotopic (exact) mass is 899 g/mol. The van der Waals surface area contributed by atoms with Crippen LogP contribution >= 0.6 is 0 Å². The molecule has 0 aromatic heterocycles. The molecule has 10 aromatic rings. The SMILES string of the molecule is C1=CC2C=CC3=C(c4ccc(N(c5ccc(-c6ccccc6)cc5)c5ccc6c(c5)C5(c7ccccc7-c7ccccc75)c5c-6ccc6ccccc56)cc4C34c3ccccc3-c3ccccc34)C2C=C1. The first-order chi connectivity index (χ1) is 35.2. The van der Waals surface area contributed by atoms with E-state index in [1.165, 1.54) is 111 Å². The van der Waals surface area contributed by atoms with Crippen LogP contribution in [0.4, 0.5) is 17.1 Å². The highest BCUT2D eigenvalue weighted by Crippen LogP contribution is 2.67. The maximum Gasteiger partial charge on any atom is 0.0732 e. The first-order valence-electron chi connectivity index (χ1n) is 25.2. The van der Waals surface area contributed by atoms with Crippen molar-refractivity contribution < 1.29 is 0 Å². The molecular weight excluding hydrogens is 855 g/mol. The molecule has 2 spiro atoms. The Kier molecular flexibility index (Phi) is 7.92. The molecule has 2 unspecified atom stereocenters. The minimum absolute atomic E-state index is 0.258. The van der Waals surface area contributed by atoms with Gasteiger partial charge in [0.05, 0.1) is 10.8 Å². The molecule has 0 N–H and O–H groups in total. The van der Waals surface area contributed by atoms with E-state index >= 15 is 0 Å². The van der Waals surface area contributed by atoms with Gasteiger partial charge in [0.25, 0.3) is 0 Å². The summed E-state index contributed by atoms with van der Waals surface area (Å²) in [6.45, 7) is 0. The zero-order chi connectivity index (χ0) is 46.4. The van der Waals surface area contributed by atoms with E-state index in [9.17, 15) is 0 Å². The van der Waals surface area contributed by atoms with Crippen LogP contribution in [0.3, 0.4) is 0 Å². The van der Waals surface area contributed by atoms with E-state index in [2.05, 4.69) is 266 Å². The van der Waals surface area contributed by atoms with Crippen LogP contribution in [0.1, 0.15) is 44.5 Å². The molecule has 0 saturated carbocycles. The molecule has 1 nitrogen and oxygen atoms in total. The lowest BCUT2D eigenvalue weighted by Crippen LogP contribution is -2.28. The lowest BCUT2D eigenvalue weighted by Gasteiger charge is -2.35. The van der Waals surface area contributed by atoms with Crippen molar-refractivity contribution in [3.63, 3.8) is 0 Å². The maximum atomic E-state index is 2.56. The highest BCUT2D eigenvalue weighted by Gasteiger charge is 2.55. The van der Waals surface area contributed by atoms with E-state index in [1.807, 2.05) is 0 Å². The third kappa shape index (κ3) is 5.00. The fraction of sp³-hybridized carbons (Fsp3) is 0.0571. The van der Waals surface area contributed by atoms with Crippen molar-refractivity contribution in [2.75, 3.05) is 4.90 Å². The molecule has 0 aliphatic heterocycles. The van der Waals surface area contributed by atoms with Crippen LogP contribution in [0.5, 0.6) is 0 Å². The predicted molar refractivity (Wildman–Crippen MR) is 293 cm³/mol. The van der Waals surface area contributed by atoms with E-state index in [0.29, 0.717) is 5.92 Å². The summed E-state index contributed by atoms with van der Waals surface area (Å²) in [5.74, 6) is 0.576. The van der Waals surface area contributed by atoms with Crippen LogP contribution in [0.15, 0.2) is 266 Å². The zero-order valence-corrected chi connectivity index (χ0v) is 38.9. The van der Waals surface area contributed by atoms with Crippen molar-refractivity contribution in [1.82, 2.24) is 0 Å². The van der Waals surface area contributed by atoms with Crippen molar-refractivity contribution >= 4 is 33.4 Å². The molecule has 2 atom stereocenters. The molecule has 0 heterocycles. The van der Waals surface area contributed by atoms with E-state index < -0.39 is 10.8 Å². The first kappa shape index (κ1) is 39.1. The summed E-state index contributed by atoms with van der Waals surface area (Å²) in [5, 5.41) is 2.57. The molecule has 1 heteroatoms. The summed E-state index contributed by atoms with van der Waals surface area (Å²) in [5.41, 5.74) is 26.4. The number of allylic oxidation sites excluding steroid dienone is 8. The Labute approximate surface area is 414 Å². The summed E-state index contributed by atoms with van der Waals surface area (Å²) in [4.78, 5) is 2.54. The lowest BCUT2D eigenvalue weighted by atomic mass is 9.67. The average molecular weight is 900 g/mol. The molecule has 0 bridgehead atoms. The summed E-state index contributed by atoms with van der Waals surface area (Å²) in [6.07, 6.45) is 14.2. The molecule has 0 radical (unpaired) electrons. The Morgan fingerprint density at radius 1 is 0.338 bits per heavy atom. The number of hydrogen-bond acceptors (Lipinski definition) is 1. The van der Waals surface area contributed by atoms with Gasteiger partial charge in [-0.05, 0) is 147 Å². The van der Waals surface area contributed by atoms with E-state index in [0.717, 1.165) is 17.1 Å². The predicted octanol–water partition coefficient (Wildman–Crippen LogP) is 17.3. The third-order valence-corrected chi connectivity index (χ3v) is 17.0. The van der Waals surface area contributed by atoms with Crippen molar-refractivity contribution in [2.24, 2.45) is 11.8 Å². The van der Waals surface area contributed by atoms with Crippen LogP contribution in [0.2, 0.25) is 0 Å². The molecule has 0 fully saturated rings. The second-order valence-corrected chi connectivity index (χ2v) is 20.2. The summed E-state index contributed by atoms with van der Waals surface area (Å²) in [7, 11) is 0. The van der Waals surface area contributed by atoms with Crippen LogP contribution in [-0.2, 0) is 10.8 Å². The zero-order valence-electron chi connectivity index (χ0n) is 38.9.